The van der Waals surface area contributed by atoms with Crippen LogP contribution in [0, 0.1) is 5.41 Å². The molecule has 7 nitrogen and oxygen atoms in total. The first-order valence-corrected chi connectivity index (χ1v) is 14.1. The lowest BCUT2D eigenvalue weighted by Crippen LogP contribution is -2.45. The van der Waals surface area contributed by atoms with Gasteiger partial charge in [0.1, 0.15) is 0 Å². The number of hydrogen-bond donors (Lipinski definition) is 3. The fraction of sp³-hybridized carbons (Fsp3) is 0.759. The minimum atomic E-state index is 0.307. The third kappa shape index (κ3) is 9.75. The maximum Gasteiger partial charge on any atom is 0.0642 e. The normalized spacial score (nSPS) is 21.2. The van der Waals surface area contributed by atoms with E-state index in [1.54, 1.807) is 7.05 Å². The van der Waals surface area contributed by atoms with Crippen LogP contribution in [0.5, 0.6) is 0 Å². The number of fused-ring (bicyclic) bond motifs is 1. The van der Waals surface area contributed by atoms with Gasteiger partial charge >= 0.3 is 0 Å². The molecule has 2 saturated heterocycles. The first kappa shape index (κ1) is 29.1. The first-order chi connectivity index (χ1) is 17.5. The minimum absolute atomic E-state index is 0.307. The fourth-order valence-electron chi connectivity index (χ4n) is 5.14. The lowest BCUT2D eigenvalue weighted by atomic mass is 9.88. The Morgan fingerprint density at radius 2 is 1.89 bits per heavy atom. The summed E-state index contributed by atoms with van der Waals surface area (Å²) in [4.78, 5) is 6.24. The second-order valence-corrected chi connectivity index (χ2v) is 11.0. The largest absolute Gasteiger partial charge is 0.381 e. The van der Waals surface area contributed by atoms with Crippen LogP contribution in [0.15, 0.2) is 23.2 Å². The Morgan fingerprint density at radius 1 is 1.14 bits per heavy atom. The Hall–Kier alpha value is -1.51. The number of morpholine rings is 1. The summed E-state index contributed by atoms with van der Waals surface area (Å²) in [6, 6.07) is 7.92. The van der Waals surface area contributed by atoms with Crippen LogP contribution in [0.3, 0.4) is 0 Å². The van der Waals surface area contributed by atoms with Gasteiger partial charge in [0.25, 0.3) is 0 Å². The highest BCUT2D eigenvalue weighted by Gasteiger charge is 2.24. The monoisotopic (exact) mass is 501 g/mol. The van der Waals surface area contributed by atoms with Crippen LogP contribution in [-0.2, 0) is 22.4 Å². The van der Waals surface area contributed by atoms with E-state index in [2.05, 4.69) is 64.8 Å². The third-order valence-corrected chi connectivity index (χ3v) is 7.46. The molecule has 7 heteroatoms. The minimum Gasteiger partial charge on any atom is -0.381 e. The number of anilines is 1. The summed E-state index contributed by atoms with van der Waals surface area (Å²) in [6.45, 7) is 16.5. The summed E-state index contributed by atoms with van der Waals surface area (Å²) in [6.07, 6.45) is 7.51. The molecular weight excluding hydrogens is 450 g/mol. The summed E-state index contributed by atoms with van der Waals surface area (Å²) in [5, 5.41) is 11.2. The van der Waals surface area contributed by atoms with Crippen LogP contribution < -0.4 is 20.9 Å². The summed E-state index contributed by atoms with van der Waals surface area (Å²) in [5.74, 6) is 0. The maximum atomic E-state index is 5.56. The smallest absolute Gasteiger partial charge is 0.0642 e. The summed E-state index contributed by atoms with van der Waals surface area (Å²) >= 11 is 0. The van der Waals surface area contributed by atoms with Gasteiger partial charge in [0, 0.05) is 70.8 Å². The Balaban J connectivity index is 0.000000658. The lowest BCUT2D eigenvalue weighted by molar-refractivity contribution is 0.0748. The number of nitrogens with zero attached hydrogens (tertiary/aromatic N) is 2. The van der Waals surface area contributed by atoms with Crippen molar-refractivity contribution in [2.75, 3.05) is 71.1 Å². The van der Waals surface area contributed by atoms with Gasteiger partial charge < -0.3 is 35.3 Å². The zero-order valence-electron chi connectivity index (χ0n) is 23.3. The molecule has 3 aliphatic heterocycles. The molecule has 4 rings (SSSR count). The zero-order valence-corrected chi connectivity index (χ0v) is 23.3. The van der Waals surface area contributed by atoms with Gasteiger partial charge in [0.05, 0.1) is 13.2 Å². The van der Waals surface area contributed by atoms with Crippen LogP contribution in [0.25, 0.3) is 0 Å². The molecule has 36 heavy (non-hydrogen) atoms. The highest BCUT2D eigenvalue weighted by molar-refractivity contribution is 5.58. The number of aliphatic imine (C=N–C) groups is 1. The molecular formula is C29H51N5O2. The van der Waals surface area contributed by atoms with Crippen molar-refractivity contribution < 1.29 is 9.47 Å². The van der Waals surface area contributed by atoms with Crippen LogP contribution in [0.1, 0.15) is 57.6 Å². The van der Waals surface area contributed by atoms with E-state index in [4.69, 9.17) is 9.47 Å². The van der Waals surface area contributed by atoms with Crippen molar-refractivity contribution in [2.24, 2.45) is 10.4 Å². The first-order valence-electron chi connectivity index (χ1n) is 14.1. The van der Waals surface area contributed by atoms with Crippen LogP contribution >= 0.6 is 0 Å². The molecule has 0 aromatic heterocycles. The average molecular weight is 502 g/mol. The standard InChI is InChI=1S/C25H42N4O2.C4H9N/c1-25(2,19-28-21-6-12-30-13-7-21)8-9-26-18-22-16-23-20(17-27-22)4-3-5-24(23)29-10-14-31-15-11-29;1-3-4-5-2/h3-5,21-22,26-28H,6-19H2,1-2H3;4H,3H2,1-2H3. The van der Waals surface area contributed by atoms with Crippen molar-refractivity contribution in [3.8, 4) is 0 Å². The predicted octanol–water partition coefficient (Wildman–Crippen LogP) is 3.41. The Labute approximate surface area is 219 Å². The molecule has 1 atom stereocenters. The van der Waals surface area contributed by atoms with E-state index >= 15 is 0 Å². The fourth-order valence-corrected chi connectivity index (χ4v) is 5.14. The van der Waals surface area contributed by atoms with Crippen molar-refractivity contribution >= 4 is 11.9 Å². The Morgan fingerprint density at radius 3 is 2.58 bits per heavy atom. The number of ether oxygens (including phenoxy) is 2. The summed E-state index contributed by atoms with van der Waals surface area (Å²) in [7, 11) is 1.78. The molecule has 0 saturated carbocycles. The second-order valence-electron chi connectivity index (χ2n) is 11.0. The van der Waals surface area contributed by atoms with E-state index in [9.17, 15) is 0 Å². The third-order valence-electron chi connectivity index (χ3n) is 7.46. The molecule has 3 aliphatic rings. The van der Waals surface area contributed by atoms with Gasteiger partial charge in [-0.25, -0.2) is 0 Å². The van der Waals surface area contributed by atoms with E-state index in [1.807, 2.05) is 6.21 Å². The van der Waals surface area contributed by atoms with Gasteiger partial charge in [0.2, 0.25) is 0 Å². The van der Waals surface area contributed by atoms with Gasteiger partial charge in [-0.15, -0.1) is 0 Å². The summed E-state index contributed by atoms with van der Waals surface area (Å²) in [5.41, 5.74) is 4.73. The van der Waals surface area contributed by atoms with Crippen molar-refractivity contribution in [1.82, 2.24) is 16.0 Å². The van der Waals surface area contributed by atoms with E-state index < -0.39 is 0 Å². The van der Waals surface area contributed by atoms with Crippen molar-refractivity contribution in [3.63, 3.8) is 0 Å². The van der Waals surface area contributed by atoms with E-state index in [-0.39, 0.29) is 0 Å². The average Bonchev–Trinajstić information content (AvgIpc) is 2.91. The van der Waals surface area contributed by atoms with Crippen LogP contribution in [-0.4, -0.2) is 84.5 Å². The molecule has 204 valence electrons. The molecule has 2 fully saturated rings. The molecule has 1 aromatic carbocycles. The zero-order chi connectivity index (χ0) is 25.6. The van der Waals surface area contributed by atoms with E-state index in [0.29, 0.717) is 17.5 Å². The number of benzene rings is 1. The summed E-state index contributed by atoms with van der Waals surface area (Å²) < 4.78 is 11.0. The molecule has 1 aromatic rings. The quantitative estimate of drug-likeness (QED) is 0.337. The van der Waals surface area contributed by atoms with Crippen molar-refractivity contribution in [1.29, 1.82) is 0 Å². The molecule has 3 heterocycles. The Bertz CT molecular complexity index is 773. The topological polar surface area (TPSA) is 70.2 Å². The second kappa shape index (κ2) is 15.7. The van der Waals surface area contributed by atoms with E-state index in [1.165, 1.54) is 23.2 Å². The molecule has 0 radical (unpaired) electrons. The van der Waals surface area contributed by atoms with Gasteiger partial charge in [-0.05, 0) is 67.5 Å². The number of hydrogen-bond acceptors (Lipinski definition) is 7. The highest BCUT2D eigenvalue weighted by Crippen LogP contribution is 2.29. The molecule has 0 amide bonds. The molecule has 1 unspecified atom stereocenters. The van der Waals surface area contributed by atoms with E-state index in [0.717, 1.165) is 91.4 Å². The van der Waals surface area contributed by atoms with Gasteiger partial charge in [-0.1, -0.05) is 32.9 Å². The van der Waals surface area contributed by atoms with Gasteiger partial charge in [0.15, 0.2) is 0 Å². The molecule has 0 bridgehead atoms. The van der Waals surface area contributed by atoms with Gasteiger partial charge in [-0.2, -0.15) is 0 Å². The van der Waals surface area contributed by atoms with Crippen LogP contribution in [0.4, 0.5) is 5.69 Å². The van der Waals surface area contributed by atoms with Gasteiger partial charge in [-0.3, -0.25) is 0 Å². The molecule has 0 aliphatic carbocycles. The molecule has 0 spiro atoms. The predicted molar refractivity (Wildman–Crippen MR) is 152 cm³/mol. The highest BCUT2D eigenvalue weighted by atomic mass is 16.5. The Kier molecular flexibility index (Phi) is 12.6. The van der Waals surface area contributed by atoms with Crippen molar-refractivity contribution in [2.45, 2.75) is 71.5 Å². The number of nitrogens with one attached hydrogen (secondary N) is 3. The maximum absolute atomic E-state index is 5.56. The van der Waals surface area contributed by atoms with Crippen molar-refractivity contribution in [3.05, 3.63) is 29.3 Å². The lowest BCUT2D eigenvalue weighted by Gasteiger charge is -2.35. The number of rotatable bonds is 10. The van der Waals surface area contributed by atoms with Crippen LogP contribution in [0.2, 0.25) is 0 Å². The SMILES string of the molecule is CC(C)(CCNCC1Cc2c(cccc2N2CCOCC2)CN1)CNC1CCOCC1.CCC=NC. The molecule has 3 N–H and O–H groups in total.